The molecule has 0 spiro atoms. The van der Waals surface area contributed by atoms with Gasteiger partial charge in [0, 0.05) is 22.5 Å². The fourth-order valence-corrected chi connectivity index (χ4v) is 6.32. The summed E-state index contributed by atoms with van der Waals surface area (Å²) in [5.41, 5.74) is 8.81. The zero-order valence-electron chi connectivity index (χ0n) is 14.0. The number of rotatable bonds is 0. The van der Waals surface area contributed by atoms with E-state index in [1.165, 1.54) is 54.6 Å². The standard InChI is InChI=1S/C23H23N/c1-3-7-20-18(5-1)23(19-6-2-4-8-21(19)24-20)22-16-10-14-9-15(12-16)13-17(22)11-14/h1-8,14-17,24H,9-13H2. The Morgan fingerprint density at radius 3 is 1.67 bits per heavy atom. The molecule has 24 heavy (non-hydrogen) atoms. The summed E-state index contributed by atoms with van der Waals surface area (Å²) in [6, 6.07) is 17.8. The normalized spacial score (nSPS) is 32.3. The lowest BCUT2D eigenvalue weighted by Gasteiger charge is -2.52. The van der Waals surface area contributed by atoms with Crippen LogP contribution in [0.5, 0.6) is 0 Å². The van der Waals surface area contributed by atoms with Crippen molar-refractivity contribution in [3.63, 3.8) is 0 Å². The van der Waals surface area contributed by atoms with E-state index in [-0.39, 0.29) is 0 Å². The summed E-state index contributed by atoms with van der Waals surface area (Å²) in [4.78, 5) is 0. The molecule has 7 rings (SSSR count). The zero-order valence-corrected chi connectivity index (χ0v) is 14.0. The SMILES string of the molecule is c1ccc2c(c1)Nc1ccccc1C2=C1C2CC3CC(C2)CC1C3. The van der Waals surface area contributed by atoms with Crippen molar-refractivity contribution in [2.45, 2.75) is 32.1 Å². The van der Waals surface area contributed by atoms with Crippen molar-refractivity contribution in [3.05, 3.63) is 65.2 Å². The molecule has 4 bridgehead atoms. The lowest BCUT2D eigenvalue weighted by atomic mass is 9.53. The number of allylic oxidation sites excluding steroid dienone is 1. The lowest BCUT2D eigenvalue weighted by Crippen LogP contribution is -2.41. The molecular weight excluding hydrogens is 290 g/mol. The third-order valence-electron chi connectivity index (χ3n) is 6.97. The largest absolute Gasteiger partial charge is 0.355 e. The Bertz CT molecular complexity index is 782. The van der Waals surface area contributed by atoms with Gasteiger partial charge in [-0.2, -0.15) is 0 Å². The average molecular weight is 313 g/mol. The molecule has 4 fully saturated rings. The molecule has 1 nitrogen and oxygen atoms in total. The smallest absolute Gasteiger partial charge is 0.0464 e. The van der Waals surface area contributed by atoms with Gasteiger partial charge in [0.15, 0.2) is 0 Å². The summed E-state index contributed by atoms with van der Waals surface area (Å²) < 4.78 is 0. The fourth-order valence-electron chi connectivity index (χ4n) is 6.32. The van der Waals surface area contributed by atoms with Gasteiger partial charge in [0.05, 0.1) is 0 Å². The van der Waals surface area contributed by atoms with Gasteiger partial charge in [0.2, 0.25) is 0 Å². The van der Waals surface area contributed by atoms with E-state index >= 15 is 0 Å². The van der Waals surface area contributed by atoms with Crippen molar-refractivity contribution in [3.8, 4) is 0 Å². The molecular formula is C23H23N. The Morgan fingerprint density at radius 2 is 1.12 bits per heavy atom. The van der Waals surface area contributed by atoms with E-state index < -0.39 is 0 Å². The summed E-state index contributed by atoms with van der Waals surface area (Å²) in [6.45, 7) is 0. The highest BCUT2D eigenvalue weighted by molar-refractivity contribution is 5.98. The minimum atomic E-state index is 0.843. The van der Waals surface area contributed by atoms with Crippen LogP contribution in [0, 0.1) is 23.7 Å². The van der Waals surface area contributed by atoms with Crippen molar-refractivity contribution in [1.29, 1.82) is 0 Å². The van der Waals surface area contributed by atoms with E-state index in [0.717, 1.165) is 23.7 Å². The Balaban J connectivity index is 1.63. The van der Waals surface area contributed by atoms with Crippen molar-refractivity contribution < 1.29 is 0 Å². The third kappa shape index (κ3) is 1.76. The number of hydrogen-bond donors (Lipinski definition) is 1. The van der Waals surface area contributed by atoms with Crippen molar-refractivity contribution in [2.75, 3.05) is 5.32 Å². The molecule has 4 saturated carbocycles. The molecule has 1 heteroatoms. The molecule has 2 aromatic carbocycles. The van der Waals surface area contributed by atoms with Crippen LogP contribution in [0.15, 0.2) is 54.1 Å². The molecule has 2 aromatic rings. The van der Waals surface area contributed by atoms with Gasteiger partial charge in [-0.15, -0.1) is 0 Å². The van der Waals surface area contributed by atoms with Gasteiger partial charge >= 0.3 is 0 Å². The van der Waals surface area contributed by atoms with Crippen molar-refractivity contribution in [1.82, 2.24) is 0 Å². The van der Waals surface area contributed by atoms with Gasteiger partial charge in [-0.25, -0.2) is 0 Å². The topological polar surface area (TPSA) is 12.0 Å². The van der Waals surface area contributed by atoms with Crippen molar-refractivity contribution >= 4 is 16.9 Å². The van der Waals surface area contributed by atoms with Crippen LogP contribution in [-0.4, -0.2) is 0 Å². The van der Waals surface area contributed by atoms with E-state index in [1.807, 2.05) is 5.57 Å². The monoisotopic (exact) mass is 313 g/mol. The Labute approximate surface area is 143 Å². The quantitative estimate of drug-likeness (QED) is 0.536. The Kier molecular flexibility index (Phi) is 2.63. The summed E-state index contributed by atoms with van der Waals surface area (Å²) in [5.74, 6) is 3.72. The maximum absolute atomic E-state index is 3.66. The van der Waals surface area contributed by atoms with Crippen LogP contribution < -0.4 is 5.32 Å². The highest BCUT2D eigenvalue weighted by atomic mass is 14.9. The number of hydrogen-bond acceptors (Lipinski definition) is 1. The second-order valence-corrected chi connectivity index (χ2v) is 8.35. The van der Waals surface area contributed by atoms with Gasteiger partial charge in [-0.1, -0.05) is 42.0 Å². The molecule has 0 amide bonds. The van der Waals surface area contributed by atoms with Crippen LogP contribution in [0.4, 0.5) is 11.4 Å². The molecule has 1 heterocycles. The van der Waals surface area contributed by atoms with E-state index in [1.54, 1.807) is 5.57 Å². The van der Waals surface area contributed by atoms with Crippen LogP contribution in [0.1, 0.15) is 43.2 Å². The van der Waals surface area contributed by atoms with Gasteiger partial charge in [-0.05, 0) is 73.5 Å². The lowest BCUT2D eigenvalue weighted by molar-refractivity contribution is 0.0705. The molecule has 5 aliphatic rings. The first-order chi connectivity index (χ1) is 11.9. The molecule has 1 N–H and O–H groups in total. The highest BCUT2D eigenvalue weighted by Gasteiger charge is 2.46. The predicted molar refractivity (Wildman–Crippen MR) is 99.2 cm³/mol. The van der Waals surface area contributed by atoms with Crippen LogP contribution in [0.2, 0.25) is 0 Å². The van der Waals surface area contributed by atoms with Gasteiger partial charge in [0.1, 0.15) is 0 Å². The molecule has 0 aromatic heterocycles. The first-order valence-corrected chi connectivity index (χ1v) is 9.56. The Hall–Kier alpha value is -2.02. The molecule has 4 aliphatic carbocycles. The maximum atomic E-state index is 3.66. The first-order valence-electron chi connectivity index (χ1n) is 9.56. The summed E-state index contributed by atoms with van der Waals surface area (Å²) in [5, 5.41) is 3.66. The van der Waals surface area contributed by atoms with E-state index in [4.69, 9.17) is 0 Å². The van der Waals surface area contributed by atoms with Crippen molar-refractivity contribution in [2.24, 2.45) is 23.7 Å². The molecule has 0 atom stereocenters. The fraction of sp³-hybridized carbons (Fsp3) is 0.391. The first kappa shape index (κ1) is 13.3. The predicted octanol–water partition coefficient (Wildman–Crippen LogP) is 6.00. The number of anilines is 2. The summed E-state index contributed by atoms with van der Waals surface area (Å²) in [6.07, 6.45) is 7.31. The van der Waals surface area contributed by atoms with Crippen LogP contribution in [-0.2, 0) is 0 Å². The second-order valence-electron chi connectivity index (χ2n) is 8.35. The second kappa shape index (κ2) is 4.75. The highest BCUT2D eigenvalue weighted by Crippen LogP contribution is 2.59. The van der Waals surface area contributed by atoms with E-state index in [2.05, 4.69) is 53.8 Å². The summed E-state index contributed by atoms with van der Waals surface area (Å²) in [7, 11) is 0. The third-order valence-corrected chi connectivity index (χ3v) is 6.97. The minimum Gasteiger partial charge on any atom is -0.355 e. The van der Waals surface area contributed by atoms with Crippen LogP contribution in [0.25, 0.3) is 5.57 Å². The molecule has 0 radical (unpaired) electrons. The number of nitrogens with one attached hydrogen (secondary N) is 1. The average Bonchev–Trinajstić information content (AvgIpc) is 2.60. The van der Waals surface area contributed by atoms with Crippen LogP contribution in [0.3, 0.4) is 0 Å². The molecule has 0 unspecified atom stereocenters. The minimum absolute atomic E-state index is 0.843. The van der Waals surface area contributed by atoms with Gasteiger partial charge in [-0.3, -0.25) is 0 Å². The Morgan fingerprint density at radius 1 is 0.625 bits per heavy atom. The summed E-state index contributed by atoms with van der Waals surface area (Å²) >= 11 is 0. The van der Waals surface area contributed by atoms with Gasteiger partial charge in [0.25, 0.3) is 0 Å². The molecule has 120 valence electrons. The number of fused-ring (bicyclic) bond motifs is 2. The van der Waals surface area contributed by atoms with E-state index in [9.17, 15) is 0 Å². The maximum Gasteiger partial charge on any atom is 0.0464 e. The van der Waals surface area contributed by atoms with Gasteiger partial charge < -0.3 is 5.32 Å². The molecule has 0 saturated heterocycles. The number of para-hydroxylation sites is 2. The van der Waals surface area contributed by atoms with Crippen LogP contribution >= 0.6 is 0 Å². The number of benzene rings is 2. The zero-order chi connectivity index (χ0) is 15.7. The van der Waals surface area contributed by atoms with E-state index in [0.29, 0.717) is 0 Å². The molecule has 1 aliphatic heterocycles.